The van der Waals surface area contributed by atoms with Crippen LogP contribution in [0.3, 0.4) is 0 Å². The van der Waals surface area contributed by atoms with Gasteiger partial charge in [-0.2, -0.15) is 5.26 Å². The molecule has 0 unspecified atom stereocenters. The number of nitrogens with zero attached hydrogens (tertiary/aromatic N) is 2. The molecular formula is C13H11N3S. The van der Waals surface area contributed by atoms with Crippen LogP contribution < -0.4 is 5.73 Å². The zero-order valence-corrected chi connectivity index (χ0v) is 10.2. The molecule has 17 heavy (non-hydrogen) atoms. The lowest BCUT2D eigenvalue weighted by molar-refractivity contribution is 1.21. The molecule has 0 saturated carbocycles. The van der Waals surface area contributed by atoms with Gasteiger partial charge in [0, 0.05) is 27.9 Å². The molecule has 1 aromatic heterocycles. The van der Waals surface area contributed by atoms with Crippen molar-refractivity contribution in [1.29, 1.82) is 5.26 Å². The minimum absolute atomic E-state index is 0.616. The van der Waals surface area contributed by atoms with E-state index in [0.717, 1.165) is 21.0 Å². The Morgan fingerprint density at radius 1 is 1.29 bits per heavy atom. The van der Waals surface area contributed by atoms with Crippen molar-refractivity contribution in [2.24, 2.45) is 0 Å². The summed E-state index contributed by atoms with van der Waals surface area (Å²) in [5.41, 5.74) is 8.40. The number of pyridine rings is 1. The highest BCUT2D eigenvalue weighted by molar-refractivity contribution is 7.99. The van der Waals surface area contributed by atoms with Crippen LogP contribution in [-0.2, 0) is 0 Å². The lowest BCUT2D eigenvalue weighted by Crippen LogP contribution is -1.90. The first kappa shape index (κ1) is 11.5. The highest BCUT2D eigenvalue weighted by atomic mass is 32.2. The van der Waals surface area contributed by atoms with Gasteiger partial charge in [-0.25, -0.2) is 0 Å². The number of hydrogen-bond donors (Lipinski definition) is 1. The summed E-state index contributed by atoms with van der Waals surface area (Å²) in [7, 11) is 0. The van der Waals surface area contributed by atoms with Crippen LogP contribution in [0.25, 0.3) is 0 Å². The molecule has 2 N–H and O–H groups in total. The van der Waals surface area contributed by atoms with Gasteiger partial charge in [0.25, 0.3) is 0 Å². The highest BCUT2D eigenvalue weighted by Crippen LogP contribution is 2.33. The fourth-order valence-corrected chi connectivity index (χ4v) is 2.32. The van der Waals surface area contributed by atoms with E-state index in [-0.39, 0.29) is 0 Å². The third-order valence-electron chi connectivity index (χ3n) is 2.29. The zero-order chi connectivity index (χ0) is 12.3. The Bertz CT molecular complexity index is 587. The number of anilines is 1. The van der Waals surface area contributed by atoms with Gasteiger partial charge in [0.2, 0.25) is 0 Å². The van der Waals surface area contributed by atoms with Crippen molar-refractivity contribution in [3.8, 4) is 6.07 Å². The summed E-state index contributed by atoms with van der Waals surface area (Å²) in [5, 5.41) is 8.99. The quantitative estimate of drug-likeness (QED) is 0.821. The van der Waals surface area contributed by atoms with Crippen molar-refractivity contribution in [3.63, 3.8) is 0 Å². The standard InChI is InChI=1S/C13H11N3S/c1-9-2-3-12(11(15)6-9)17-13-8-16-5-4-10(13)7-14/h2-6,8H,15H2,1H3. The molecule has 0 bridgehead atoms. The maximum atomic E-state index is 8.99. The molecule has 3 nitrogen and oxygen atoms in total. The average Bonchev–Trinajstić information content (AvgIpc) is 2.33. The molecule has 0 saturated heterocycles. The second-order valence-electron chi connectivity index (χ2n) is 3.63. The number of aromatic nitrogens is 1. The van der Waals surface area contributed by atoms with E-state index in [4.69, 9.17) is 11.0 Å². The van der Waals surface area contributed by atoms with Gasteiger partial charge >= 0.3 is 0 Å². The molecule has 2 rings (SSSR count). The summed E-state index contributed by atoms with van der Waals surface area (Å²) in [4.78, 5) is 5.79. The van der Waals surface area contributed by atoms with Gasteiger partial charge in [-0.1, -0.05) is 17.8 Å². The van der Waals surface area contributed by atoms with E-state index in [1.54, 1.807) is 18.5 Å². The van der Waals surface area contributed by atoms with Crippen molar-refractivity contribution in [2.45, 2.75) is 16.7 Å². The van der Waals surface area contributed by atoms with Crippen LogP contribution >= 0.6 is 11.8 Å². The molecule has 84 valence electrons. The first-order valence-corrected chi connectivity index (χ1v) is 5.90. The smallest absolute Gasteiger partial charge is 0.100 e. The summed E-state index contributed by atoms with van der Waals surface area (Å²) in [6, 6.07) is 9.73. The van der Waals surface area contributed by atoms with Crippen LogP contribution in [0, 0.1) is 18.3 Å². The first-order chi connectivity index (χ1) is 8.20. The van der Waals surface area contributed by atoms with Crippen molar-refractivity contribution < 1.29 is 0 Å². The lowest BCUT2D eigenvalue weighted by atomic mass is 10.2. The fraction of sp³-hybridized carbons (Fsp3) is 0.0769. The van der Waals surface area contributed by atoms with Crippen LogP contribution in [0.15, 0.2) is 46.5 Å². The number of benzene rings is 1. The Balaban J connectivity index is 2.35. The third kappa shape index (κ3) is 2.58. The molecular weight excluding hydrogens is 230 g/mol. The van der Waals surface area contributed by atoms with E-state index in [2.05, 4.69) is 11.1 Å². The van der Waals surface area contributed by atoms with Gasteiger partial charge in [0.15, 0.2) is 0 Å². The Labute approximate surface area is 104 Å². The van der Waals surface area contributed by atoms with Crippen molar-refractivity contribution in [3.05, 3.63) is 47.8 Å². The van der Waals surface area contributed by atoms with Gasteiger partial charge in [0.1, 0.15) is 6.07 Å². The highest BCUT2D eigenvalue weighted by Gasteiger charge is 2.06. The van der Waals surface area contributed by atoms with Crippen LogP contribution in [0.2, 0.25) is 0 Å². The molecule has 0 aliphatic heterocycles. The third-order valence-corrected chi connectivity index (χ3v) is 3.43. The molecule has 0 aliphatic carbocycles. The molecule has 0 fully saturated rings. The second-order valence-corrected chi connectivity index (χ2v) is 4.71. The maximum Gasteiger partial charge on any atom is 0.100 e. The fourth-order valence-electron chi connectivity index (χ4n) is 1.43. The average molecular weight is 241 g/mol. The van der Waals surface area contributed by atoms with E-state index in [0.29, 0.717) is 5.56 Å². The molecule has 0 spiro atoms. The summed E-state index contributed by atoms with van der Waals surface area (Å²) in [6.07, 6.45) is 3.30. The summed E-state index contributed by atoms with van der Waals surface area (Å²) in [6.45, 7) is 2.00. The van der Waals surface area contributed by atoms with E-state index in [1.807, 2.05) is 25.1 Å². The molecule has 1 aromatic carbocycles. The van der Waals surface area contributed by atoms with Crippen LogP contribution in [0.1, 0.15) is 11.1 Å². The molecule has 0 aliphatic rings. The van der Waals surface area contributed by atoms with Gasteiger partial charge in [-0.05, 0) is 30.7 Å². The van der Waals surface area contributed by atoms with Gasteiger partial charge in [-0.15, -0.1) is 0 Å². The predicted octanol–water partition coefficient (Wildman–Crippen LogP) is 3.00. The Morgan fingerprint density at radius 3 is 2.82 bits per heavy atom. The van der Waals surface area contributed by atoms with Gasteiger partial charge in [-0.3, -0.25) is 4.98 Å². The number of rotatable bonds is 2. The minimum Gasteiger partial charge on any atom is -0.398 e. The van der Waals surface area contributed by atoms with E-state index < -0.39 is 0 Å². The maximum absolute atomic E-state index is 8.99. The number of aryl methyl sites for hydroxylation is 1. The summed E-state index contributed by atoms with van der Waals surface area (Å²) in [5.74, 6) is 0. The summed E-state index contributed by atoms with van der Waals surface area (Å²) < 4.78 is 0. The topological polar surface area (TPSA) is 62.7 Å². The number of nitrogens with two attached hydrogens (primary N) is 1. The van der Waals surface area contributed by atoms with Crippen LogP contribution in [-0.4, -0.2) is 4.98 Å². The van der Waals surface area contributed by atoms with E-state index in [1.165, 1.54) is 11.8 Å². The number of nitrogen functional groups attached to an aromatic ring is 1. The molecule has 0 atom stereocenters. The minimum atomic E-state index is 0.616. The number of nitriles is 1. The molecule has 0 amide bonds. The molecule has 1 heterocycles. The van der Waals surface area contributed by atoms with Gasteiger partial charge < -0.3 is 5.73 Å². The molecule has 2 aromatic rings. The van der Waals surface area contributed by atoms with Crippen molar-refractivity contribution >= 4 is 17.4 Å². The Kier molecular flexibility index (Phi) is 3.31. The monoisotopic (exact) mass is 241 g/mol. The van der Waals surface area contributed by atoms with Crippen molar-refractivity contribution in [2.75, 3.05) is 5.73 Å². The van der Waals surface area contributed by atoms with E-state index in [9.17, 15) is 0 Å². The summed E-state index contributed by atoms with van der Waals surface area (Å²) >= 11 is 1.46. The molecule has 0 radical (unpaired) electrons. The second kappa shape index (κ2) is 4.89. The van der Waals surface area contributed by atoms with Crippen LogP contribution in [0.4, 0.5) is 5.69 Å². The van der Waals surface area contributed by atoms with Crippen LogP contribution in [0.5, 0.6) is 0 Å². The van der Waals surface area contributed by atoms with Crippen molar-refractivity contribution in [1.82, 2.24) is 4.98 Å². The Morgan fingerprint density at radius 2 is 2.12 bits per heavy atom. The normalized spacial score (nSPS) is 9.88. The zero-order valence-electron chi connectivity index (χ0n) is 9.34. The molecule has 4 heteroatoms. The predicted molar refractivity (Wildman–Crippen MR) is 68.7 cm³/mol. The lowest BCUT2D eigenvalue weighted by Gasteiger charge is -2.06. The first-order valence-electron chi connectivity index (χ1n) is 5.09. The van der Waals surface area contributed by atoms with Gasteiger partial charge in [0.05, 0.1) is 5.56 Å². The largest absolute Gasteiger partial charge is 0.398 e. The number of hydrogen-bond acceptors (Lipinski definition) is 4. The Hall–Kier alpha value is -1.99. The van der Waals surface area contributed by atoms with E-state index >= 15 is 0 Å². The SMILES string of the molecule is Cc1ccc(Sc2cnccc2C#N)c(N)c1.